The van der Waals surface area contributed by atoms with Crippen molar-refractivity contribution in [3.63, 3.8) is 0 Å². The first-order valence-electron chi connectivity index (χ1n) is 8.10. The molecule has 0 radical (unpaired) electrons. The van der Waals surface area contributed by atoms with Crippen molar-refractivity contribution in [1.82, 2.24) is 5.32 Å². The van der Waals surface area contributed by atoms with Gasteiger partial charge in [-0.25, -0.2) is 0 Å². The number of nitrogens with one attached hydrogen (secondary N) is 1. The highest BCUT2D eigenvalue weighted by molar-refractivity contribution is 5.96. The first-order valence-corrected chi connectivity index (χ1v) is 8.10. The Morgan fingerprint density at radius 2 is 1.88 bits per heavy atom. The van der Waals surface area contributed by atoms with Crippen LogP contribution in [0.5, 0.6) is 11.5 Å². The van der Waals surface area contributed by atoms with Crippen LogP contribution in [0.15, 0.2) is 46.9 Å². The van der Waals surface area contributed by atoms with Gasteiger partial charge in [0, 0.05) is 11.9 Å². The van der Waals surface area contributed by atoms with E-state index < -0.39 is 0 Å². The Morgan fingerprint density at radius 3 is 2.60 bits per heavy atom. The average Bonchev–Trinajstić information content (AvgIpc) is 3.07. The lowest BCUT2D eigenvalue weighted by Crippen LogP contribution is -2.25. The summed E-state index contributed by atoms with van der Waals surface area (Å²) in [5, 5.41) is 3.82. The van der Waals surface area contributed by atoms with Crippen molar-refractivity contribution in [3.8, 4) is 11.5 Å². The predicted octanol–water partition coefficient (Wildman–Crippen LogP) is 3.73. The number of benzene rings is 2. The zero-order chi connectivity index (χ0) is 17.8. The molecule has 0 atom stereocenters. The molecule has 3 rings (SSSR count). The Labute approximate surface area is 146 Å². The minimum atomic E-state index is -0.212. The molecule has 5 heteroatoms. The fraction of sp³-hybridized carbons (Fsp3) is 0.250. The summed E-state index contributed by atoms with van der Waals surface area (Å²) in [6.45, 7) is 2.47. The van der Waals surface area contributed by atoms with Crippen LogP contribution in [-0.2, 0) is 6.42 Å². The molecule has 5 nitrogen and oxygen atoms in total. The van der Waals surface area contributed by atoms with Crippen molar-refractivity contribution in [1.29, 1.82) is 0 Å². The summed E-state index contributed by atoms with van der Waals surface area (Å²) in [6.07, 6.45) is 0.686. The van der Waals surface area contributed by atoms with Gasteiger partial charge in [0.1, 0.15) is 5.58 Å². The minimum absolute atomic E-state index is 0.212. The summed E-state index contributed by atoms with van der Waals surface area (Å²) in [5.41, 5.74) is 2.83. The minimum Gasteiger partial charge on any atom is -0.493 e. The van der Waals surface area contributed by atoms with Crippen LogP contribution >= 0.6 is 0 Å². The summed E-state index contributed by atoms with van der Waals surface area (Å²) in [5.74, 6) is 1.49. The van der Waals surface area contributed by atoms with Gasteiger partial charge in [0.25, 0.3) is 5.91 Å². The van der Waals surface area contributed by atoms with Gasteiger partial charge in [-0.15, -0.1) is 0 Å². The molecule has 3 aromatic rings. The smallest absolute Gasteiger partial charge is 0.287 e. The van der Waals surface area contributed by atoms with Crippen molar-refractivity contribution in [2.24, 2.45) is 0 Å². The second-order valence-electron chi connectivity index (χ2n) is 5.80. The number of hydrogen-bond acceptors (Lipinski definition) is 4. The fourth-order valence-electron chi connectivity index (χ4n) is 2.76. The van der Waals surface area contributed by atoms with E-state index >= 15 is 0 Å². The normalized spacial score (nSPS) is 10.7. The van der Waals surface area contributed by atoms with E-state index in [1.165, 1.54) is 0 Å². The predicted molar refractivity (Wildman–Crippen MR) is 96.5 cm³/mol. The molecule has 1 heterocycles. The second kappa shape index (κ2) is 7.30. The molecule has 0 unspecified atom stereocenters. The van der Waals surface area contributed by atoms with E-state index in [4.69, 9.17) is 13.9 Å². The summed E-state index contributed by atoms with van der Waals surface area (Å²) in [7, 11) is 3.21. The molecule has 0 saturated heterocycles. The van der Waals surface area contributed by atoms with E-state index in [2.05, 4.69) is 5.32 Å². The maximum atomic E-state index is 12.3. The van der Waals surface area contributed by atoms with Gasteiger partial charge in [-0.3, -0.25) is 4.79 Å². The molecule has 0 aliphatic carbocycles. The molecule has 0 spiro atoms. The summed E-state index contributed by atoms with van der Waals surface area (Å²) < 4.78 is 16.2. The van der Waals surface area contributed by atoms with E-state index in [1.807, 2.05) is 43.3 Å². The first kappa shape index (κ1) is 16.9. The van der Waals surface area contributed by atoms with Crippen LogP contribution < -0.4 is 14.8 Å². The van der Waals surface area contributed by atoms with Crippen molar-refractivity contribution in [2.75, 3.05) is 20.8 Å². The Kier molecular flexibility index (Phi) is 4.93. The van der Waals surface area contributed by atoms with Gasteiger partial charge in [0.15, 0.2) is 17.3 Å². The van der Waals surface area contributed by atoms with Crippen molar-refractivity contribution >= 4 is 16.9 Å². The number of amides is 1. The zero-order valence-electron chi connectivity index (χ0n) is 14.6. The lowest BCUT2D eigenvalue weighted by Gasteiger charge is -2.09. The van der Waals surface area contributed by atoms with E-state index in [0.29, 0.717) is 30.2 Å². The molecule has 0 aliphatic rings. The molecule has 1 N–H and O–H groups in total. The molecule has 0 saturated carbocycles. The maximum absolute atomic E-state index is 12.3. The third-order valence-electron chi connectivity index (χ3n) is 4.11. The SMILES string of the molecule is COc1ccc(CCNC(=O)c2cc3cccc(C)c3o2)cc1OC. The van der Waals surface area contributed by atoms with Gasteiger partial charge in [0.05, 0.1) is 14.2 Å². The van der Waals surface area contributed by atoms with Gasteiger partial charge in [0.2, 0.25) is 0 Å². The summed E-state index contributed by atoms with van der Waals surface area (Å²) >= 11 is 0. The Hall–Kier alpha value is -2.95. The molecule has 0 bridgehead atoms. The van der Waals surface area contributed by atoms with Crippen LogP contribution in [0.3, 0.4) is 0 Å². The van der Waals surface area contributed by atoms with E-state index in [0.717, 1.165) is 22.1 Å². The van der Waals surface area contributed by atoms with Crippen LogP contribution in [0.2, 0.25) is 0 Å². The maximum Gasteiger partial charge on any atom is 0.287 e. The Morgan fingerprint density at radius 1 is 1.08 bits per heavy atom. The number of fused-ring (bicyclic) bond motifs is 1. The number of para-hydroxylation sites is 1. The molecule has 1 aromatic heterocycles. The lowest BCUT2D eigenvalue weighted by molar-refractivity contribution is 0.0928. The first-order chi connectivity index (χ1) is 12.1. The van der Waals surface area contributed by atoms with E-state index in [9.17, 15) is 4.79 Å². The van der Waals surface area contributed by atoms with Gasteiger partial charge in [-0.2, -0.15) is 0 Å². The Bertz CT molecular complexity index is 898. The topological polar surface area (TPSA) is 60.7 Å². The van der Waals surface area contributed by atoms with E-state index in [1.54, 1.807) is 20.3 Å². The van der Waals surface area contributed by atoms with Gasteiger partial charge in [-0.1, -0.05) is 24.3 Å². The third-order valence-corrected chi connectivity index (χ3v) is 4.11. The number of carbonyl (C=O) groups excluding carboxylic acids is 1. The third kappa shape index (κ3) is 3.60. The molecule has 0 fully saturated rings. The van der Waals surface area contributed by atoms with Gasteiger partial charge >= 0.3 is 0 Å². The second-order valence-corrected chi connectivity index (χ2v) is 5.80. The van der Waals surface area contributed by atoms with Crippen LogP contribution in [0.25, 0.3) is 11.0 Å². The monoisotopic (exact) mass is 339 g/mol. The quantitative estimate of drug-likeness (QED) is 0.743. The number of ether oxygens (including phenoxy) is 2. The van der Waals surface area contributed by atoms with E-state index in [-0.39, 0.29) is 5.91 Å². The van der Waals surface area contributed by atoms with Crippen LogP contribution in [0.1, 0.15) is 21.7 Å². The summed E-state index contributed by atoms with van der Waals surface area (Å²) in [4.78, 5) is 12.3. The lowest BCUT2D eigenvalue weighted by atomic mass is 10.1. The molecule has 2 aromatic carbocycles. The van der Waals surface area contributed by atoms with Crippen LogP contribution in [-0.4, -0.2) is 26.7 Å². The molecular formula is C20H21NO4. The highest BCUT2D eigenvalue weighted by Crippen LogP contribution is 2.27. The number of furan rings is 1. The fourth-order valence-corrected chi connectivity index (χ4v) is 2.76. The highest BCUT2D eigenvalue weighted by atomic mass is 16.5. The van der Waals surface area contributed by atoms with Crippen LogP contribution in [0.4, 0.5) is 0 Å². The molecule has 1 amide bonds. The number of carbonyl (C=O) groups is 1. The molecular weight excluding hydrogens is 318 g/mol. The largest absolute Gasteiger partial charge is 0.493 e. The zero-order valence-corrected chi connectivity index (χ0v) is 14.6. The number of methoxy groups -OCH3 is 2. The standard InChI is InChI=1S/C20H21NO4/c1-13-5-4-6-15-12-18(25-19(13)15)20(22)21-10-9-14-7-8-16(23-2)17(11-14)24-3/h4-8,11-12H,9-10H2,1-3H3,(H,21,22). The van der Waals surface area contributed by atoms with Crippen molar-refractivity contribution < 1.29 is 18.7 Å². The van der Waals surface area contributed by atoms with Gasteiger partial charge in [-0.05, 0) is 42.7 Å². The number of hydrogen-bond donors (Lipinski definition) is 1. The number of rotatable bonds is 6. The van der Waals surface area contributed by atoms with Crippen molar-refractivity contribution in [2.45, 2.75) is 13.3 Å². The van der Waals surface area contributed by atoms with Crippen LogP contribution in [0, 0.1) is 6.92 Å². The van der Waals surface area contributed by atoms with Crippen molar-refractivity contribution in [3.05, 3.63) is 59.4 Å². The molecule has 25 heavy (non-hydrogen) atoms. The molecule has 130 valence electrons. The Balaban J connectivity index is 1.63. The average molecular weight is 339 g/mol. The number of aryl methyl sites for hydroxylation is 1. The molecule has 0 aliphatic heterocycles. The highest BCUT2D eigenvalue weighted by Gasteiger charge is 2.13. The summed E-state index contributed by atoms with van der Waals surface area (Å²) in [6, 6.07) is 13.3. The van der Waals surface area contributed by atoms with Gasteiger partial charge < -0.3 is 19.2 Å².